The second-order valence-corrected chi connectivity index (χ2v) is 4.54. The van der Waals surface area contributed by atoms with Crippen LogP contribution in [0.25, 0.3) is 0 Å². The summed E-state index contributed by atoms with van der Waals surface area (Å²) in [4.78, 5) is 0. The van der Waals surface area contributed by atoms with Gasteiger partial charge in [0.25, 0.3) is 0 Å². The van der Waals surface area contributed by atoms with Crippen LogP contribution in [-0.4, -0.2) is 17.5 Å². The molecule has 1 fully saturated rings. The van der Waals surface area contributed by atoms with Crippen LogP contribution in [0.4, 0.5) is 4.39 Å². The van der Waals surface area contributed by atoms with Crippen LogP contribution in [0.15, 0.2) is 24.3 Å². The average molecular weight is 239 g/mol. The summed E-state index contributed by atoms with van der Waals surface area (Å²) in [6, 6.07) is 8.73. The first kappa shape index (κ1) is 11.4. The summed E-state index contributed by atoms with van der Waals surface area (Å²) in [5.41, 5.74) is -0.0854. The van der Waals surface area contributed by atoms with Gasteiger partial charge in [-0.1, -0.05) is 12.1 Å². The van der Waals surface area contributed by atoms with Crippen molar-refractivity contribution in [2.75, 3.05) is 13.1 Å². The lowest BCUT2D eigenvalue weighted by Crippen LogP contribution is -2.35. The molecule has 84 valence electrons. The SMILES string of the molecule is N#Cc1ccc(C2(F)CCN(Cl)CC2)cc1. The van der Waals surface area contributed by atoms with E-state index in [0.717, 1.165) is 0 Å². The summed E-state index contributed by atoms with van der Waals surface area (Å²) in [6.45, 7) is 1.11. The van der Waals surface area contributed by atoms with Crippen molar-refractivity contribution in [1.29, 1.82) is 5.26 Å². The lowest BCUT2D eigenvalue weighted by atomic mass is 9.86. The van der Waals surface area contributed by atoms with Crippen LogP contribution in [-0.2, 0) is 5.67 Å². The second kappa shape index (κ2) is 4.40. The van der Waals surface area contributed by atoms with Gasteiger partial charge >= 0.3 is 0 Å². The Labute approximate surface area is 99.3 Å². The van der Waals surface area contributed by atoms with Crippen molar-refractivity contribution in [3.8, 4) is 6.07 Å². The summed E-state index contributed by atoms with van der Waals surface area (Å²) in [6.07, 6.45) is 0.810. The molecule has 1 aromatic carbocycles. The summed E-state index contributed by atoms with van der Waals surface area (Å²) in [5, 5.41) is 8.67. The van der Waals surface area contributed by atoms with Gasteiger partial charge in [0.05, 0.1) is 11.6 Å². The predicted molar refractivity (Wildman–Crippen MR) is 60.6 cm³/mol. The first-order valence-electron chi connectivity index (χ1n) is 5.24. The number of halogens is 2. The molecule has 0 bridgehead atoms. The molecule has 0 atom stereocenters. The van der Waals surface area contributed by atoms with Crippen molar-refractivity contribution in [2.24, 2.45) is 0 Å². The zero-order valence-corrected chi connectivity index (χ0v) is 9.54. The Morgan fingerprint density at radius 3 is 2.31 bits per heavy atom. The van der Waals surface area contributed by atoms with Crippen LogP contribution < -0.4 is 0 Å². The predicted octanol–water partition coefficient (Wildman–Crippen LogP) is 2.97. The maximum atomic E-state index is 14.5. The van der Waals surface area contributed by atoms with Gasteiger partial charge in [-0.15, -0.1) is 0 Å². The third-order valence-corrected chi connectivity index (χ3v) is 3.37. The van der Waals surface area contributed by atoms with Crippen molar-refractivity contribution in [1.82, 2.24) is 4.42 Å². The van der Waals surface area contributed by atoms with E-state index in [2.05, 4.69) is 0 Å². The maximum Gasteiger partial charge on any atom is 0.138 e. The van der Waals surface area contributed by atoms with Crippen molar-refractivity contribution < 1.29 is 4.39 Å². The molecule has 1 aromatic rings. The number of hydrogen-bond acceptors (Lipinski definition) is 2. The van der Waals surface area contributed by atoms with Gasteiger partial charge in [0.2, 0.25) is 0 Å². The van der Waals surface area contributed by atoms with E-state index in [9.17, 15) is 4.39 Å². The zero-order chi connectivity index (χ0) is 11.6. The van der Waals surface area contributed by atoms with E-state index in [1.165, 1.54) is 0 Å². The first-order chi connectivity index (χ1) is 7.64. The molecular formula is C12H12ClFN2. The molecule has 4 heteroatoms. The number of nitriles is 1. The van der Waals surface area contributed by atoms with E-state index in [1.54, 1.807) is 28.7 Å². The van der Waals surface area contributed by atoms with Crippen molar-refractivity contribution >= 4 is 11.8 Å². The highest BCUT2D eigenvalue weighted by atomic mass is 35.5. The molecule has 0 aromatic heterocycles. The monoisotopic (exact) mass is 238 g/mol. The fraction of sp³-hybridized carbons (Fsp3) is 0.417. The highest BCUT2D eigenvalue weighted by Crippen LogP contribution is 2.37. The minimum Gasteiger partial charge on any atom is -0.239 e. The molecule has 2 nitrogen and oxygen atoms in total. The molecule has 0 spiro atoms. The lowest BCUT2D eigenvalue weighted by Gasteiger charge is -2.33. The lowest BCUT2D eigenvalue weighted by molar-refractivity contribution is 0.0879. The van der Waals surface area contributed by atoms with E-state index < -0.39 is 5.67 Å². The molecule has 0 saturated carbocycles. The summed E-state index contributed by atoms with van der Waals surface area (Å²) < 4.78 is 16.2. The van der Waals surface area contributed by atoms with E-state index in [4.69, 9.17) is 17.0 Å². The number of benzene rings is 1. The van der Waals surface area contributed by atoms with Gasteiger partial charge in [-0.05, 0) is 42.3 Å². The standard InChI is InChI=1S/C12H12ClFN2/c13-16-7-5-12(14,6-8-16)11-3-1-10(9-15)2-4-11/h1-4H,5-8H2. The molecule has 0 aliphatic carbocycles. The van der Waals surface area contributed by atoms with Crippen LogP contribution in [0.5, 0.6) is 0 Å². The number of alkyl halides is 1. The van der Waals surface area contributed by atoms with E-state index in [0.29, 0.717) is 37.1 Å². The van der Waals surface area contributed by atoms with E-state index in [-0.39, 0.29) is 0 Å². The van der Waals surface area contributed by atoms with Gasteiger partial charge in [0.15, 0.2) is 0 Å². The third kappa shape index (κ3) is 2.18. The van der Waals surface area contributed by atoms with Crippen molar-refractivity contribution in [3.63, 3.8) is 0 Å². The summed E-state index contributed by atoms with van der Waals surface area (Å²) >= 11 is 5.80. The van der Waals surface area contributed by atoms with E-state index >= 15 is 0 Å². The zero-order valence-electron chi connectivity index (χ0n) is 8.79. The Morgan fingerprint density at radius 2 is 1.81 bits per heavy atom. The van der Waals surface area contributed by atoms with Gasteiger partial charge < -0.3 is 0 Å². The smallest absolute Gasteiger partial charge is 0.138 e. The second-order valence-electron chi connectivity index (χ2n) is 4.06. The molecule has 0 N–H and O–H groups in total. The summed E-state index contributed by atoms with van der Waals surface area (Å²) in [7, 11) is 0. The minimum atomic E-state index is -1.29. The fourth-order valence-corrected chi connectivity index (χ4v) is 2.14. The fourth-order valence-electron chi connectivity index (χ4n) is 1.97. The van der Waals surface area contributed by atoms with Crippen molar-refractivity contribution in [2.45, 2.75) is 18.5 Å². The van der Waals surface area contributed by atoms with Gasteiger partial charge in [-0.25, -0.2) is 8.81 Å². The third-order valence-electron chi connectivity index (χ3n) is 3.03. The molecule has 0 amide bonds. The maximum absolute atomic E-state index is 14.5. The van der Waals surface area contributed by atoms with Gasteiger partial charge in [0, 0.05) is 13.1 Å². The minimum absolute atomic E-state index is 0.405. The van der Waals surface area contributed by atoms with Crippen LogP contribution in [0.1, 0.15) is 24.0 Å². The Morgan fingerprint density at radius 1 is 1.25 bits per heavy atom. The summed E-state index contributed by atoms with van der Waals surface area (Å²) in [5.74, 6) is 0. The Balaban J connectivity index is 2.20. The largest absolute Gasteiger partial charge is 0.239 e. The molecule has 1 aliphatic heterocycles. The molecule has 2 rings (SSSR count). The first-order valence-corrected chi connectivity index (χ1v) is 5.58. The van der Waals surface area contributed by atoms with Crippen LogP contribution in [0, 0.1) is 11.3 Å². The Hall–Kier alpha value is -1.11. The van der Waals surface area contributed by atoms with Gasteiger partial charge in [0.1, 0.15) is 5.67 Å². The molecule has 1 aliphatic rings. The van der Waals surface area contributed by atoms with Crippen LogP contribution >= 0.6 is 11.8 Å². The van der Waals surface area contributed by atoms with Crippen molar-refractivity contribution in [3.05, 3.63) is 35.4 Å². The molecule has 0 unspecified atom stereocenters. The molecule has 1 heterocycles. The van der Waals surface area contributed by atoms with Crippen LogP contribution in [0.3, 0.4) is 0 Å². The van der Waals surface area contributed by atoms with Gasteiger partial charge in [-0.3, -0.25) is 0 Å². The highest BCUT2D eigenvalue weighted by Gasteiger charge is 2.35. The van der Waals surface area contributed by atoms with Crippen LogP contribution in [0.2, 0.25) is 0 Å². The number of piperidine rings is 1. The number of rotatable bonds is 1. The Kier molecular flexibility index (Phi) is 3.13. The molecule has 1 saturated heterocycles. The topological polar surface area (TPSA) is 27.0 Å². The molecule has 0 radical (unpaired) electrons. The highest BCUT2D eigenvalue weighted by molar-refractivity contribution is 6.13. The molecule has 16 heavy (non-hydrogen) atoms. The average Bonchev–Trinajstić information content (AvgIpc) is 2.33. The Bertz CT molecular complexity index is 402. The quantitative estimate of drug-likeness (QED) is 0.704. The molecular weight excluding hydrogens is 227 g/mol. The van der Waals surface area contributed by atoms with E-state index in [1.807, 2.05) is 6.07 Å². The number of nitrogens with zero attached hydrogens (tertiary/aromatic N) is 2. The van der Waals surface area contributed by atoms with Gasteiger partial charge in [-0.2, -0.15) is 5.26 Å². The number of hydrogen-bond donors (Lipinski definition) is 0. The normalized spacial score (nSPS) is 20.3.